The van der Waals surface area contributed by atoms with Gasteiger partial charge in [-0.25, -0.2) is 4.98 Å². The van der Waals surface area contributed by atoms with Gasteiger partial charge in [-0.2, -0.15) is 5.26 Å². The fourth-order valence-corrected chi connectivity index (χ4v) is 3.06. The number of nitrogens with zero attached hydrogens (tertiary/aromatic N) is 3. The maximum absolute atomic E-state index is 9.32. The molecule has 94 valence electrons. The van der Waals surface area contributed by atoms with Crippen LogP contribution in [0.25, 0.3) is 16.7 Å². The molecule has 0 unspecified atom stereocenters. The second kappa shape index (κ2) is 4.41. The van der Waals surface area contributed by atoms with Gasteiger partial charge in [0.25, 0.3) is 0 Å². The normalized spacial score (nSPS) is 11.1. The minimum atomic E-state index is 0.374. The van der Waals surface area contributed by atoms with E-state index in [9.17, 15) is 5.26 Å². The molecule has 2 heterocycles. The molecule has 3 rings (SSSR count). The van der Waals surface area contributed by atoms with Crippen LogP contribution in [0.4, 0.5) is 0 Å². The summed E-state index contributed by atoms with van der Waals surface area (Å²) in [7, 11) is 0. The first-order valence-electron chi connectivity index (χ1n) is 5.86. The molecule has 0 aliphatic heterocycles. The molecule has 0 radical (unpaired) electrons. The van der Waals surface area contributed by atoms with Gasteiger partial charge in [0.05, 0.1) is 16.1 Å². The third-order valence-corrected chi connectivity index (χ3v) is 3.99. The second-order valence-corrected chi connectivity index (χ2v) is 4.92. The molecular weight excluding hydrogens is 281 g/mol. The van der Waals surface area contributed by atoms with Crippen LogP contribution in [0.5, 0.6) is 0 Å². The molecule has 0 saturated heterocycles. The van der Waals surface area contributed by atoms with Crippen molar-refractivity contribution in [2.45, 2.75) is 13.3 Å². The lowest BCUT2D eigenvalue weighted by atomic mass is 10.1. The molecule has 0 spiro atoms. The highest BCUT2D eigenvalue weighted by molar-refractivity contribution is 6.37. The van der Waals surface area contributed by atoms with E-state index in [-0.39, 0.29) is 0 Å². The highest BCUT2D eigenvalue weighted by Crippen LogP contribution is 2.33. The monoisotopic (exact) mass is 289 g/mol. The van der Waals surface area contributed by atoms with Crippen LogP contribution in [0.2, 0.25) is 10.2 Å². The Bertz CT molecular complexity index is 843. The number of aromatic nitrogens is 2. The van der Waals surface area contributed by atoms with Crippen LogP contribution in [-0.4, -0.2) is 9.38 Å². The summed E-state index contributed by atoms with van der Waals surface area (Å²) in [6, 6.07) is 9.76. The van der Waals surface area contributed by atoms with Gasteiger partial charge in [0.2, 0.25) is 0 Å². The van der Waals surface area contributed by atoms with E-state index >= 15 is 0 Å². The van der Waals surface area contributed by atoms with Crippen LogP contribution in [0.15, 0.2) is 24.3 Å². The maximum atomic E-state index is 9.32. The van der Waals surface area contributed by atoms with E-state index in [1.54, 1.807) is 4.40 Å². The number of nitriles is 1. The Morgan fingerprint density at radius 2 is 2.05 bits per heavy atom. The lowest BCUT2D eigenvalue weighted by molar-refractivity contribution is 1.08. The Morgan fingerprint density at radius 3 is 2.74 bits per heavy atom. The highest BCUT2D eigenvalue weighted by Gasteiger charge is 2.19. The summed E-state index contributed by atoms with van der Waals surface area (Å²) in [5, 5.41) is 10.2. The topological polar surface area (TPSA) is 41.1 Å². The number of benzene rings is 1. The number of pyridine rings is 1. The Balaban J connectivity index is 2.65. The predicted molar refractivity (Wildman–Crippen MR) is 76.8 cm³/mol. The molecule has 0 amide bonds. The second-order valence-electron chi connectivity index (χ2n) is 4.18. The molecule has 0 atom stereocenters. The summed E-state index contributed by atoms with van der Waals surface area (Å²) in [6.45, 7) is 1.96. The van der Waals surface area contributed by atoms with Crippen molar-refractivity contribution in [3.05, 3.63) is 45.6 Å². The molecule has 5 heteroatoms. The molecule has 1 aromatic carbocycles. The summed E-state index contributed by atoms with van der Waals surface area (Å²) in [5.74, 6) is 0. The number of hydrogen-bond acceptors (Lipinski definition) is 2. The van der Waals surface area contributed by atoms with Crippen LogP contribution < -0.4 is 0 Å². The Morgan fingerprint density at radius 1 is 1.32 bits per heavy atom. The summed E-state index contributed by atoms with van der Waals surface area (Å²) in [4.78, 5) is 4.45. The molecule has 0 N–H and O–H groups in total. The van der Waals surface area contributed by atoms with Crippen molar-refractivity contribution < 1.29 is 0 Å². The standard InChI is InChI=1S/C14H9Cl2N3/c1-2-8-12(15)9(7-17)14-18-10-5-3-4-6-11(10)19(14)13(8)16/h3-6H,2H2,1H3. The average molecular weight is 290 g/mol. The minimum absolute atomic E-state index is 0.374. The first-order valence-corrected chi connectivity index (χ1v) is 6.61. The van der Waals surface area contributed by atoms with E-state index in [0.717, 1.165) is 16.6 Å². The summed E-state index contributed by atoms with van der Waals surface area (Å²) in [5.41, 5.74) is 3.33. The molecule has 0 fully saturated rings. The lowest BCUT2D eigenvalue weighted by Gasteiger charge is -2.09. The smallest absolute Gasteiger partial charge is 0.158 e. The number of halogens is 2. The molecule has 0 aliphatic rings. The third kappa shape index (κ3) is 1.61. The van der Waals surface area contributed by atoms with Gasteiger partial charge in [0.15, 0.2) is 5.65 Å². The maximum Gasteiger partial charge on any atom is 0.158 e. The number of rotatable bonds is 1. The summed E-state index contributed by atoms with van der Waals surface area (Å²) in [6.07, 6.45) is 0.662. The van der Waals surface area contributed by atoms with E-state index in [0.29, 0.717) is 27.8 Å². The van der Waals surface area contributed by atoms with Crippen LogP contribution in [0.1, 0.15) is 18.1 Å². The van der Waals surface area contributed by atoms with Crippen molar-refractivity contribution in [1.29, 1.82) is 5.26 Å². The predicted octanol–water partition coefficient (Wildman–Crippen LogP) is 4.23. The van der Waals surface area contributed by atoms with E-state index in [2.05, 4.69) is 11.1 Å². The SMILES string of the molecule is CCc1c(Cl)c(C#N)c2nc3ccccc3n2c1Cl. The Kier molecular flexibility index (Phi) is 2.85. The van der Waals surface area contributed by atoms with Gasteiger partial charge in [-0.15, -0.1) is 0 Å². The van der Waals surface area contributed by atoms with Gasteiger partial charge in [0, 0.05) is 5.56 Å². The van der Waals surface area contributed by atoms with Crippen LogP contribution in [0.3, 0.4) is 0 Å². The van der Waals surface area contributed by atoms with E-state index in [1.165, 1.54) is 0 Å². The molecule has 2 aromatic heterocycles. The first-order chi connectivity index (χ1) is 9.19. The molecular formula is C14H9Cl2N3. The van der Waals surface area contributed by atoms with Crippen molar-refractivity contribution >= 4 is 39.9 Å². The molecule has 3 nitrogen and oxygen atoms in total. The lowest BCUT2D eigenvalue weighted by Crippen LogP contribution is -1.98. The number of imidazole rings is 1. The van der Waals surface area contributed by atoms with Crippen LogP contribution in [0, 0.1) is 11.3 Å². The first kappa shape index (κ1) is 12.3. The minimum Gasteiger partial charge on any atom is -0.281 e. The van der Waals surface area contributed by atoms with Gasteiger partial charge in [-0.3, -0.25) is 4.40 Å². The highest BCUT2D eigenvalue weighted by atomic mass is 35.5. The van der Waals surface area contributed by atoms with Gasteiger partial charge >= 0.3 is 0 Å². The van der Waals surface area contributed by atoms with Crippen LogP contribution in [-0.2, 0) is 6.42 Å². The van der Waals surface area contributed by atoms with Crippen molar-refractivity contribution in [2.75, 3.05) is 0 Å². The Hall–Kier alpha value is -1.76. The van der Waals surface area contributed by atoms with Gasteiger partial charge in [0.1, 0.15) is 16.8 Å². The molecule has 3 aromatic rings. The van der Waals surface area contributed by atoms with Crippen LogP contribution >= 0.6 is 23.2 Å². The quantitative estimate of drug-likeness (QED) is 0.629. The molecule has 0 bridgehead atoms. The summed E-state index contributed by atoms with van der Waals surface area (Å²) < 4.78 is 1.79. The van der Waals surface area contributed by atoms with E-state index < -0.39 is 0 Å². The molecule has 19 heavy (non-hydrogen) atoms. The molecule has 0 aliphatic carbocycles. The zero-order valence-corrected chi connectivity index (χ0v) is 11.6. The third-order valence-electron chi connectivity index (χ3n) is 3.18. The fourth-order valence-electron chi connectivity index (χ4n) is 2.27. The Labute approximate surface area is 120 Å². The molecule has 0 saturated carbocycles. The summed E-state index contributed by atoms with van der Waals surface area (Å²) >= 11 is 12.7. The zero-order valence-electron chi connectivity index (χ0n) is 10.1. The largest absolute Gasteiger partial charge is 0.281 e. The number of hydrogen-bond donors (Lipinski definition) is 0. The number of para-hydroxylation sites is 2. The van der Waals surface area contributed by atoms with E-state index in [1.807, 2.05) is 31.2 Å². The fraction of sp³-hybridized carbons (Fsp3) is 0.143. The van der Waals surface area contributed by atoms with Crippen molar-refractivity contribution in [3.8, 4) is 6.07 Å². The van der Waals surface area contributed by atoms with Crippen molar-refractivity contribution in [3.63, 3.8) is 0 Å². The number of fused-ring (bicyclic) bond motifs is 3. The van der Waals surface area contributed by atoms with Gasteiger partial charge < -0.3 is 0 Å². The van der Waals surface area contributed by atoms with E-state index in [4.69, 9.17) is 23.2 Å². The van der Waals surface area contributed by atoms with Crippen molar-refractivity contribution in [2.24, 2.45) is 0 Å². The van der Waals surface area contributed by atoms with Crippen molar-refractivity contribution in [1.82, 2.24) is 9.38 Å². The van der Waals surface area contributed by atoms with Gasteiger partial charge in [-0.05, 0) is 18.6 Å². The zero-order chi connectivity index (χ0) is 13.6. The average Bonchev–Trinajstić information content (AvgIpc) is 2.79. The van der Waals surface area contributed by atoms with Gasteiger partial charge in [-0.1, -0.05) is 42.3 Å².